The summed E-state index contributed by atoms with van der Waals surface area (Å²) in [6, 6.07) is 12.7. The van der Waals surface area contributed by atoms with Crippen LogP contribution in [-0.2, 0) is 20.7 Å². The number of esters is 1. The summed E-state index contributed by atoms with van der Waals surface area (Å²) in [6.45, 7) is -0.0263. The van der Waals surface area contributed by atoms with Gasteiger partial charge in [0.1, 0.15) is 5.75 Å². The van der Waals surface area contributed by atoms with Crippen LogP contribution >= 0.6 is 11.6 Å². The van der Waals surface area contributed by atoms with E-state index in [0.717, 1.165) is 11.3 Å². The predicted octanol–water partition coefficient (Wildman–Crippen LogP) is 2.35. The number of rotatable bonds is 10. The van der Waals surface area contributed by atoms with E-state index in [2.05, 4.69) is 10.6 Å². The molecule has 4 N–H and O–H groups in total. The topological polar surface area (TPSA) is 120 Å². The van der Waals surface area contributed by atoms with Crippen molar-refractivity contribution in [2.45, 2.75) is 18.9 Å². The van der Waals surface area contributed by atoms with E-state index in [0.29, 0.717) is 23.6 Å². The number of halogens is 1. The summed E-state index contributed by atoms with van der Waals surface area (Å²) in [7, 11) is 1.59. The third-order valence-corrected chi connectivity index (χ3v) is 4.57. The quantitative estimate of drug-likeness (QED) is 0.497. The van der Waals surface area contributed by atoms with Crippen molar-refractivity contribution >= 4 is 29.5 Å². The first-order chi connectivity index (χ1) is 14.4. The van der Waals surface area contributed by atoms with Gasteiger partial charge in [0.25, 0.3) is 5.91 Å². The molecule has 0 aliphatic heterocycles. The summed E-state index contributed by atoms with van der Waals surface area (Å²) in [5.41, 5.74) is 6.74. The molecule has 0 fully saturated rings. The van der Waals surface area contributed by atoms with Crippen molar-refractivity contribution in [2.75, 3.05) is 20.3 Å². The van der Waals surface area contributed by atoms with Gasteiger partial charge in [-0.05, 0) is 35.7 Å². The van der Waals surface area contributed by atoms with Crippen molar-refractivity contribution in [3.8, 4) is 5.75 Å². The normalized spacial score (nSPS) is 11.3. The summed E-state index contributed by atoms with van der Waals surface area (Å²) in [6.07, 6.45) is 0.409. The number of carbonyl (C=O) groups is 3. The monoisotopic (exact) mass is 433 g/mol. The molecule has 0 spiro atoms. The molecule has 0 saturated carbocycles. The molecular weight excluding hydrogens is 410 g/mol. The van der Waals surface area contributed by atoms with Gasteiger partial charge >= 0.3 is 12.0 Å². The average molecular weight is 434 g/mol. The first kappa shape index (κ1) is 23.0. The fraction of sp³-hybridized carbons (Fsp3) is 0.286. The number of ether oxygens (including phenoxy) is 2. The van der Waals surface area contributed by atoms with Crippen LogP contribution in [0.5, 0.6) is 5.75 Å². The van der Waals surface area contributed by atoms with Crippen LogP contribution in [0.25, 0.3) is 0 Å². The largest absolute Gasteiger partial charge is 0.497 e. The van der Waals surface area contributed by atoms with Gasteiger partial charge in [-0.1, -0.05) is 41.9 Å². The minimum Gasteiger partial charge on any atom is -0.497 e. The van der Waals surface area contributed by atoms with Crippen LogP contribution in [0.2, 0.25) is 5.02 Å². The maximum absolute atomic E-state index is 12.1. The van der Waals surface area contributed by atoms with E-state index in [1.54, 1.807) is 31.4 Å². The Kier molecular flexibility index (Phi) is 8.96. The molecule has 0 aliphatic rings. The van der Waals surface area contributed by atoms with Gasteiger partial charge in [-0.3, -0.25) is 9.59 Å². The van der Waals surface area contributed by atoms with Crippen molar-refractivity contribution in [3.05, 3.63) is 64.7 Å². The van der Waals surface area contributed by atoms with E-state index < -0.39 is 30.6 Å². The Labute approximate surface area is 179 Å². The molecular formula is C21H24ClN3O5. The first-order valence-corrected chi connectivity index (χ1v) is 9.62. The third-order valence-electron chi connectivity index (χ3n) is 4.23. The predicted molar refractivity (Wildman–Crippen MR) is 112 cm³/mol. The molecule has 0 aromatic heterocycles. The van der Waals surface area contributed by atoms with E-state index in [1.807, 2.05) is 24.3 Å². The van der Waals surface area contributed by atoms with Crippen molar-refractivity contribution in [1.82, 2.24) is 10.6 Å². The highest BCUT2D eigenvalue weighted by Crippen LogP contribution is 2.25. The number of nitrogens with two attached hydrogens (primary N) is 1. The summed E-state index contributed by atoms with van der Waals surface area (Å²) in [5, 5.41) is 5.52. The molecule has 1 atom stereocenters. The highest BCUT2D eigenvalue weighted by molar-refractivity contribution is 6.31. The number of amides is 3. The Balaban J connectivity index is 1.77. The molecule has 2 aromatic rings. The standard InChI is InChI=1S/C21H24ClN3O5/c1-29-15-8-6-14(7-9-15)10-11-24-19(26)13-30-20(27)12-18(25-21(23)28)16-4-2-3-5-17(16)22/h2-9,18H,10-13H2,1H3,(H,24,26)(H3,23,25,28). The number of nitrogens with one attached hydrogen (secondary N) is 2. The Morgan fingerprint density at radius 2 is 1.80 bits per heavy atom. The smallest absolute Gasteiger partial charge is 0.312 e. The van der Waals surface area contributed by atoms with E-state index >= 15 is 0 Å². The summed E-state index contributed by atoms with van der Waals surface area (Å²) >= 11 is 6.12. The zero-order chi connectivity index (χ0) is 21.9. The molecule has 1 unspecified atom stereocenters. The minimum atomic E-state index is -0.802. The molecule has 0 radical (unpaired) electrons. The molecule has 0 saturated heterocycles. The second-order valence-corrected chi connectivity index (χ2v) is 6.80. The third kappa shape index (κ3) is 7.63. The molecule has 2 rings (SSSR count). The van der Waals surface area contributed by atoms with Gasteiger partial charge in [-0.15, -0.1) is 0 Å². The Bertz CT molecular complexity index is 873. The lowest BCUT2D eigenvalue weighted by atomic mass is 10.0. The van der Waals surface area contributed by atoms with E-state index in [1.165, 1.54) is 0 Å². The fourth-order valence-corrected chi connectivity index (χ4v) is 3.00. The van der Waals surface area contributed by atoms with Gasteiger partial charge in [0.05, 0.1) is 19.6 Å². The number of methoxy groups -OCH3 is 1. The van der Waals surface area contributed by atoms with Crippen LogP contribution in [0.15, 0.2) is 48.5 Å². The Morgan fingerprint density at radius 3 is 2.43 bits per heavy atom. The average Bonchev–Trinajstić information content (AvgIpc) is 2.72. The van der Waals surface area contributed by atoms with Crippen LogP contribution in [-0.4, -0.2) is 38.2 Å². The van der Waals surface area contributed by atoms with Gasteiger partial charge in [-0.2, -0.15) is 0 Å². The maximum atomic E-state index is 12.1. The van der Waals surface area contributed by atoms with Gasteiger partial charge in [0.15, 0.2) is 6.61 Å². The first-order valence-electron chi connectivity index (χ1n) is 9.24. The highest BCUT2D eigenvalue weighted by Gasteiger charge is 2.21. The van der Waals surface area contributed by atoms with Crippen molar-refractivity contribution < 1.29 is 23.9 Å². The second kappa shape index (κ2) is 11.7. The lowest BCUT2D eigenvalue weighted by Crippen LogP contribution is -2.35. The zero-order valence-electron chi connectivity index (χ0n) is 16.5. The molecule has 2 aromatic carbocycles. The van der Waals surface area contributed by atoms with Gasteiger partial charge < -0.3 is 25.8 Å². The summed E-state index contributed by atoms with van der Waals surface area (Å²) in [4.78, 5) is 35.3. The van der Waals surface area contributed by atoms with Crippen molar-refractivity contribution in [1.29, 1.82) is 0 Å². The number of hydrogen-bond donors (Lipinski definition) is 3. The minimum absolute atomic E-state index is 0.216. The Hall–Kier alpha value is -3.26. The van der Waals surface area contributed by atoms with E-state index in [-0.39, 0.29) is 6.42 Å². The molecule has 0 aliphatic carbocycles. The summed E-state index contributed by atoms with van der Waals surface area (Å²) < 4.78 is 10.1. The highest BCUT2D eigenvalue weighted by atomic mass is 35.5. The van der Waals surface area contributed by atoms with Crippen LogP contribution < -0.4 is 21.1 Å². The van der Waals surface area contributed by atoms with Crippen LogP contribution in [0, 0.1) is 0 Å². The molecule has 0 bridgehead atoms. The molecule has 30 heavy (non-hydrogen) atoms. The van der Waals surface area contributed by atoms with Crippen molar-refractivity contribution in [2.24, 2.45) is 5.73 Å². The molecule has 160 valence electrons. The van der Waals surface area contributed by atoms with Crippen LogP contribution in [0.3, 0.4) is 0 Å². The molecule has 9 heteroatoms. The fourth-order valence-electron chi connectivity index (χ4n) is 2.73. The number of benzene rings is 2. The number of urea groups is 1. The summed E-state index contributed by atoms with van der Waals surface area (Å²) in [5.74, 6) is -0.330. The number of hydrogen-bond acceptors (Lipinski definition) is 5. The zero-order valence-corrected chi connectivity index (χ0v) is 17.3. The maximum Gasteiger partial charge on any atom is 0.312 e. The van der Waals surface area contributed by atoms with Gasteiger partial charge in [-0.25, -0.2) is 4.79 Å². The van der Waals surface area contributed by atoms with Crippen LogP contribution in [0.4, 0.5) is 4.79 Å². The molecule has 8 nitrogen and oxygen atoms in total. The number of primary amides is 1. The second-order valence-electron chi connectivity index (χ2n) is 6.40. The number of carbonyl (C=O) groups excluding carboxylic acids is 3. The SMILES string of the molecule is COc1ccc(CCNC(=O)COC(=O)CC(NC(N)=O)c2ccccc2Cl)cc1. The van der Waals surface area contributed by atoms with Gasteiger partial charge in [0.2, 0.25) is 0 Å². The van der Waals surface area contributed by atoms with Crippen LogP contribution in [0.1, 0.15) is 23.6 Å². The molecule has 0 heterocycles. The Morgan fingerprint density at radius 1 is 1.10 bits per heavy atom. The lowest BCUT2D eigenvalue weighted by Gasteiger charge is -2.18. The molecule has 3 amide bonds. The van der Waals surface area contributed by atoms with E-state index in [4.69, 9.17) is 26.8 Å². The van der Waals surface area contributed by atoms with Crippen molar-refractivity contribution in [3.63, 3.8) is 0 Å². The lowest BCUT2D eigenvalue weighted by molar-refractivity contribution is -0.149. The van der Waals surface area contributed by atoms with Gasteiger partial charge in [0, 0.05) is 11.6 Å². The van der Waals surface area contributed by atoms with E-state index in [9.17, 15) is 14.4 Å².